The first kappa shape index (κ1) is 16.1. The van der Waals surface area contributed by atoms with E-state index in [2.05, 4.69) is 15.2 Å². The Balaban J connectivity index is 1.77. The Morgan fingerprint density at radius 1 is 1.04 bits per heavy atom. The molecule has 25 heavy (non-hydrogen) atoms. The van der Waals surface area contributed by atoms with Gasteiger partial charge in [0.1, 0.15) is 5.82 Å². The molecule has 3 aromatic rings. The second-order valence-corrected chi connectivity index (χ2v) is 8.00. The maximum absolute atomic E-state index is 13.3. The molecule has 0 spiro atoms. The lowest BCUT2D eigenvalue weighted by molar-refractivity contribution is 0.587. The van der Waals surface area contributed by atoms with Crippen molar-refractivity contribution in [1.82, 2.24) is 10.3 Å². The summed E-state index contributed by atoms with van der Waals surface area (Å²) in [6, 6.07) is 11.1. The lowest BCUT2D eigenvalue weighted by Crippen LogP contribution is -2.43. The van der Waals surface area contributed by atoms with Crippen molar-refractivity contribution in [3.8, 4) is 0 Å². The summed E-state index contributed by atoms with van der Waals surface area (Å²) >= 11 is 0. The topological polar surface area (TPSA) is 65.2 Å². The number of halogens is 1. The van der Waals surface area contributed by atoms with Crippen molar-refractivity contribution in [3.05, 3.63) is 54.5 Å². The van der Waals surface area contributed by atoms with Gasteiger partial charge in [-0.25, -0.2) is 12.8 Å². The van der Waals surface area contributed by atoms with Gasteiger partial charge in [0.05, 0.1) is 9.79 Å². The summed E-state index contributed by atoms with van der Waals surface area (Å²) in [6.45, 7) is 3.45. The van der Waals surface area contributed by atoms with Crippen molar-refractivity contribution in [2.24, 2.45) is 0 Å². The quantitative estimate of drug-likeness (QED) is 0.754. The van der Waals surface area contributed by atoms with Crippen molar-refractivity contribution in [2.75, 3.05) is 31.1 Å². The van der Waals surface area contributed by atoms with Crippen LogP contribution in [0.3, 0.4) is 0 Å². The average molecular weight is 359 g/mol. The second-order valence-electron chi connectivity index (χ2n) is 6.08. The van der Waals surface area contributed by atoms with Crippen molar-refractivity contribution >= 4 is 26.4 Å². The molecule has 7 heteroatoms. The summed E-state index contributed by atoms with van der Waals surface area (Å²) in [6.07, 6.45) is 1.43. The number of nitrogens with zero attached hydrogens (tertiary/aromatic N) is 1. The van der Waals surface area contributed by atoms with Crippen LogP contribution in [0, 0.1) is 5.82 Å². The number of piperazine rings is 1. The fraction of sp³-hybridized carbons (Fsp3) is 0.222. The van der Waals surface area contributed by atoms with Gasteiger partial charge in [0.25, 0.3) is 0 Å². The number of hydrogen-bond donors (Lipinski definition) is 2. The van der Waals surface area contributed by atoms with Gasteiger partial charge in [0.2, 0.25) is 9.84 Å². The van der Waals surface area contributed by atoms with Crippen LogP contribution in [0.2, 0.25) is 0 Å². The number of nitrogens with one attached hydrogen (secondary N) is 2. The molecule has 1 aliphatic rings. The third kappa shape index (κ3) is 2.89. The molecular weight excluding hydrogens is 341 g/mol. The molecule has 0 radical (unpaired) electrons. The maximum atomic E-state index is 13.3. The highest BCUT2D eigenvalue weighted by atomic mass is 32.2. The average Bonchev–Trinajstić information content (AvgIpc) is 3.06. The molecule has 0 aliphatic carbocycles. The zero-order valence-electron chi connectivity index (χ0n) is 13.5. The van der Waals surface area contributed by atoms with E-state index >= 15 is 0 Å². The van der Waals surface area contributed by atoms with E-state index in [9.17, 15) is 12.8 Å². The number of hydrogen-bond acceptors (Lipinski definition) is 4. The van der Waals surface area contributed by atoms with Crippen LogP contribution in [0.5, 0.6) is 0 Å². The van der Waals surface area contributed by atoms with Gasteiger partial charge in [-0.05, 0) is 36.4 Å². The van der Waals surface area contributed by atoms with E-state index in [1.807, 2.05) is 6.07 Å². The van der Waals surface area contributed by atoms with Gasteiger partial charge >= 0.3 is 0 Å². The van der Waals surface area contributed by atoms with Gasteiger partial charge in [-0.15, -0.1) is 0 Å². The highest BCUT2D eigenvalue weighted by Gasteiger charge is 2.23. The number of anilines is 1. The third-order valence-electron chi connectivity index (χ3n) is 4.51. The Bertz CT molecular complexity index is 1020. The van der Waals surface area contributed by atoms with E-state index in [1.165, 1.54) is 24.4 Å². The SMILES string of the molecule is O=S(=O)(c1cccc(N2CCNCC2)c1)c1c[nH]c2cc(F)ccc12. The molecule has 0 saturated carbocycles. The molecule has 2 aromatic carbocycles. The van der Waals surface area contributed by atoms with E-state index in [0.717, 1.165) is 31.9 Å². The lowest BCUT2D eigenvalue weighted by atomic mass is 10.2. The van der Waals surface area contributed by atoms with Crippen LogP contribution >= 0.6 is 0 Å². The molecule has 5 nitrogen and oxygen atoms in total. The van der Waals surface area contributed by atoms with Crippen molar-refractivity contribution in [2.45, 2.75) is 9.79 Å². The molecular formula is C18H18FN3O2S. The molecule has 130 valence electrons. The zero-order chi connectivity index (χ0) is 17.4. The van der Waals surface area contributed by atoms with E-state index in [-0.39, 0.29) is 9.79 Å². The van der Waals surface area contributed by atoms with Gasteiger partial charge in [0.15, 0.2) is 0 Å². The molecule has 0 atom stereocenters. The summed E-state index contributed by atoms with van der Waals surface area (Å²) < 4.78 is 39.5. The number of rotatable bonds is 3. The van der Waals surface area contributed by atoms with Crippen LogP contribution in [0.25, 0.3) is 10.9 Å². The fourth-order valence-corrected chi connectivity index (χ4v) is 4.66. The summed E-state index contributed by atoms with van der Waals surface area (Å²) in [5.74, 6) is -0.404. The Morgan fingerprint density at radius 3 is 2.64 bits per heavy atom. The predicted octanol–water partition coefficient (Wildman–Crippen LogP) is 2.55. The molecule has 0 amide bonds. The van der Waals surface area contributed by atoms with E-state index in [1.54, 1.807) is 18.2 Å². The Morgan fingerprint density at radius 2 is 1.84 bits per heavy atom. The van der Waals surface area contributed by atoms with Gasteiger partial charge in [-0.3, -0.25) is 0 Å². The smallest absolute Gasteiger partial charge is 0.208 e. The van der Waals surface area contributed by atoms with Crippen molar-refractivity contribution in [1.29, 1.82) is 0 Å². The van der Waals surface area contributed by atoms with Crippen LogP contribution in [-0.4, -0.2) is 39.6 Å². The van der Waals surface area contributed by atoms with Crippen LogP contribution < -0.4 is 10.2 Å². The van der Waals surface area contributed by atoms with E-state index < -0.39 is 15.7 Å². The minimum atomic E-state index is -3.69. The number of benzene rings is 2. The number of aromatic nitrogens is 1. The molecule has 1 saturated heterocycles. The van der Waals surface area contributed by atoms with Crippen molar-refractivity contribution in [3.63, 3.8) is 0 Å². The number of aromatic amines is 1. The normalized spacial score (nSPS) is 15.6. The first-order valence-electron chi connectivity index (χ1n) is 8.13. The number of sulfone groups is 1. The van der Waals surface area contributed by atoms with Gasteiger partial charge in [0, 0.05) is 49.0 Å². The standard InChI is InChI=1S/C18H18FN3O2S/c19-13-4-5-16-17(10-13)21-12-18(16)25(23,24)15-3-1-2-14(11-15)22-8-6-20-7-9-22/h1-5,10-12,20-21H,6-9H2. The first-order valence-corrected chi connectivity index (χ1v) is 9.61. The molecule has 1 fully saturated rings. The lowest BCUT2D eigenvalue weighted by Gasteiger charge is -2.29. The highest BCUT2D eigenvalue weighted by molar-refractivity contribution is 7.91. The largest absolute Gasteiger partial charge is 0.369 e. The molecule has 1 aliphatic heterocycles. The second kappa shape index (κ2) is 6.16. The molecule has 0 bridgehead atoms. The van der Waals surface area contributed by atoms with Crippen LogP contribution in [-0.2, 0) is 9.84 Å². The minimum absolute atomic E-state index is 0.167. The zero-order valence-corrected chi connectivity index (χ0v) is 14.3. The van der Waals surface area contributed by atoms with Crippen LogP contribution in [0.1, 0.15) is 0 Å². The van der Waals surface area contributed by atoms with Crippen LogP contribution in [0.15, 0.2) is 58.5 Å². The molecule has 4 rings (SSSR count). The summed E-state index contributed by atoms with van der Waals surface area (Å²) in [5, 5.41) is 3.78. The fourth-order valence-electron chi connectivity index (χ4n) is 3.19. The molecule has 1 aromatic heterocycles. The van der Waals surface area contributed by atoms with Crippen molar-refractivity contribution < 1.29 is 12.8 Å². The summed E-state index contributed by atoms with van der Waals surface area (Å²) in [7, 11) is -3.69. The minimum Gasteiger partial charge on any atom is -0.369 e. The first-order chi connectivity index (χ1) is 12.1. The maximum Gasteiger partial charge on any atom is 0.208 e. The van der Waals surface area contributed by atoms with Crippen LogP contribution in [0.4, 0.5) is 10.1 Å². The highest BCUT2D eigenvalue weighted by Crippen LogP contribution is 2.30. The Kier molecular flexibility index (Phi) is 3.97. The van der Waals surface area contributed by atoms with Gasteiger partial charge < -0.3 is 15.2 Å². The molecule has 2 heterocycles. The number of H-pyrrole nitrogens is 1. The monoisotopic (exact) mass is 359 g/mol. The number of fused-ring (bicyclic) bond motifs is 1. The van der Waals surface area contributed by atoms with Gasteiger partial charge in [-0.1, -0.05) is 6.07 Å². The van der Waals surface area contributed by atoms with E-state index in [0.29, 0.717) is 10.9 Å². The molecule has 2 N–H and O–H groups in total. The summed E-state index contributed by atoms with van der Waals surface area (Å²) in [4.78, 5) is 5.42. The Labute approximate surface area is 145 Å². The van der Waals surface area contributed by atoms with E-state index in [4.69, 9.17) is 0 Å². The third-order valence-corrected chi connectivity index (χ3v) is 6.30. The molecule has 0 unspecified atom stereocenters. The Hall–Kier alpha value is -2.38. The summed E-state index contributed by atoms with van der Waals surface area (Å²) in [5.41, 5.74) is 1.37. The van der Waals surface area contributed by atoms with Gasteiger partial charge in [-0.2, -0.15) is 0 Å². The predicted molar refractivity (Wildman–Crippen MR) is 95.2 cm³/mol.